The molecule has 24 heavy (non-hydrogen) atoms. The molecule has 3 rings (SSSR count). The summed E-state index contributed by atoms with van der Waals surface area (Å²) in [6.07, 6.45) is 5.46. The first-order chi connectivity index (χ1) is 11.4. The van der Waals surface area contributed by atoms with E-state index in [2.05, 4.69) is 22.0 Å². The number of aromatic nitrogens is 3. The third kappa shape index (κ3) is 4.43. The molecule has 1 atom stereocenters. The van der Waals surface area contributed by atoms with Crippen LogP contribution in [0.3, 0.4) is 0 Å². The van der Waals surface area contributed by atoms with Gasteiger partial charge in [-0.05, 0) is 44.8 Å². The first-order valence-corrected chi connectivity index (χ1v) is 10.3. The molecule has 1 fully saturated rings. The van der Waals surface area contributed by atoms with Gasteiger partial charge in [-0.25, -0.2) is 18.1 Å². The van der Waals surface area contributed by atoms with E-state index in [1.165, 1.54) is 5.41 Å². The molecule has 0 aromatic carbocycles. The molecule has 8 heteroatoms. The molecule has 1 aromatic rings. The number of hydrogen-bond acceptors (Lipinski definition) is 6. The van der Waals surface area contributed by atoms with Crippen molar-refractivity contribution < 1.29 is 13.5 Å². The van der Waals surface area contributed by atoms with Crippen LogP contribution in [0.5, 0.6) is 0 Å². The predicted octanol–water partition coefficient (Wildman–Crippen LogP) is 0.256. The molecule has 1 N–H and O–H groups in total. The quantitative estimate of drug-likeness (QED) is 0.788. The second-order valence-corrected chi connectivity index (χ2v) is 8.90. The largest absolute Gasteiger partial charge is 0.394 e. The summed E-state index contributed by atoms with van der Waals surface area (Å²) in [6.45, 7) is 2.63. The van der Waals surface area contributed by atoms with E-state index in [1.807, 2.05) is 0 Å². The monoisotopic (exact) mass is 354 g/mol. The summed E-state index contributed by atoms with van der Waals surface area (Å²) >= 11 is 0. The second-order valence-electron chi connectivity index (χ2n) is 6.96. The maximum Gasteiger partial charge on any atom is 0.171 e. The summed E-state index contributed by atoms with van der Waals surface area (Å²) in [5, 5.41) is 15.1. The van der Waals surface area contributed by atoms with E-state index in [0.29, 0.717) is 18.9 Å². The number of aliphatic hydroxyl groups excluding tert-OH is 1. The third-order valence-electron chi connectivity index (χ3n) is 4.86. The summed E-state index contributed by atoms with van der Waals surface area (Å²) in [4.78, 5) is 6.99. The standard InChI is InChI=1S/C16H26N4O3S/c1-19-5-2-13(3-6-19)10-15-17-16(20(18-15)7-8-21)11-14-4-9-24(22,23)12-14/h4,9,13-14,21H,2-3,5-8,10-12H2,1H3. The molecule has 1 saturated heterocycles. The van der Waals surface area contributed by atoms with E-state index < -0.39 is 9.84 Å². The molecule has 0 aliphatic carbocycles. The fraction of sp³-hybridized carbons (Fsp3) is 0.750. The number of nitrogens with zero attached hydrogens (tertiary/aromatic N) is 4. The van der Waals surface area contributed by atoms with Crippen LogP contribution < -0.4 is 0 Å². The van der Waals surface area contributed by atoms with Crippen molar-refractivity contribution in [3.63, 3.8) is 0 Å². The fourth-order valence-electron chi connectivity index (χ4n) is 3.46. The number of hydrogen-bond donors (Lipinski definition) is 1. The van der Waals surface area contributed by atoms with Crippen molar-refractivity contribution in [1.29, 1.82) is 0 Å². The minimum Gasteiger partial charge on any atom is -0.394 e. The Balaban J connectivity index is 1.67. The molecule has 2 aliphatic heterocycles. The van der Waals surface area contributed by atoms with E-state index in [1.54, 1.807) is 10.8 Å². The fourth-order valence-corrected chi connectivity index (χ4v) is 4.86. The predicted molar refractivity (Wildman–Crippen MR) is 91.2 cm³/mol. The zero-order chi connectivity index (χ0) is 17.2. The smallest absolute Gasteiger partial charge is 0.171 e. The highest BCUT2D eigenvalue weighted by Crippen LogP contribution is 2.22. The van der Waals surface area contributed by atoms with Gasteiger partial charge in [0.1, 0.15) is 5.82 Å². The van der Waals surface area contributed by atoms with Crippen LogP contribution >= 0.6 is 0 Å². The van der Waals surface area contributed by atoms with Crippen LogP contribution in [0.25, 0.3) is 0 Å². The van der Waals surface area contributed by atoms with Crippen molar-refractivity contribution >= 4 is 9.84 Å². The third-order valence-corrected chi connectivity index (χ3v) is 6.33. The summed E-state index contributed by atoms with van der Waals surface area (Å²) in [5.41, 5.74) is 0. The summed E-state index contributed by atoms with van der Waals surface area (Å²) in [7, 11) is -0.909. The van der Waals surface area contributed by atoms with Gasteiger partial charge >= 0.3 is 0 Å². The van der Waals surface area contributed by atoms with E-state index in [-0.39, 0.29) is 18.3 Å². The van der Waals surface area contributed by atoms with Gasteiger partial charge in [-0.1, -0.05) is 6.08 Å². The molecule has 1 unspecified atom stereocenters. The lowest BCUT2D eigenvalue weighted by atomic mass is 9.93. The molecule has 0 amide bonds. The van der Waals surface area contributed by atoms with Crippen LogP contribution in [-0.4, -0.2) is 65.7 Å². The minimum atomic E-state index is -3.05. The van der Waals surface area contributed by atoms with Crippen molar-refractivity contribution in [2.75, 3.05) is 32.5 Å². The number of piperidine rings is 1. The first-order valence-electron chi connectivity index (χ1n) is 8.58. The Morgan fingerprint density at radius 1 is 1.29 bits per heavy atom. The molecule has 0 saturated carbocycles. The van der Waals surface area contributed by atoms with Gasteiger partial charge in [0.15, 0.2) is 15.7 Å². The van der Waals surface area contributed by atoms with Crippen molar-refractivity contribution in [2.45, 2.75) is 32.2 Å². The number of likely N-dealkylation sites (tertiary alicyclic amines) is 1. The first kappa shape index (κ1) is 17.6. The van der Waals surface area contributed by atoms with Crippen LogP contribution in [-0.2, 0) is 29.2 Å². The Morgan fingerprint density at radius 3 is 2.67 bits per heavy atom. The van der Waals surface area contributed by atoms with Crippen LogP contribution in [0.2, 0.25) is 0 Å². The SMILES string of the molecule is CN1CCC(Cc2nc(CC3C=CS(=O)(=O)C3)n(CCO)n2)CC1. The van der Waals surface area contributed by atoms with Gasteiger partial charge in [-0.2, -0.15) is 5.10 Å². The van der Waals surface area contributed by atoms with Crippen molar-refractivity contribution in [3.05, 3.63) is 23.1 Å². The molecule has 134 valence electrons. The minimum absolute atomic E-state index is 0.00281. The van der Waals surface area contributed by atoms with E-state index >= 15 is 0 Å². The van der Waals surface area contributed by atoms with Crippen LogP contribution in [0, 0.1) is 11.8 Å². The van der Waals surface area contributed by atoms with E-state index in [9.17, 15) is 13.5 Å². The lowest BCUT2D eigenvalue weighted by molar-refractivity contribution is 0.217. The number of aliphatic hydroxyl groups is 1. The second kappa shape index (κ2) is 7.33. The highest BCUT2D eigenvalue weighted by Gasteiger charge is 2.25. The van der Waals surface area contributed by atoms with Crippen molar-refractivity contribution in [3.8, 4) is 0 Å². The van der Waals surface area contributed by atoms with Gasteiger partial charge in [0.05, 0.1) is 18.9 Å². The van der Waals surface area contributed by atoms with Crippen LogP contribution in [0.1, 0.15) is 24.5 Å². The van der Waals surface area contributed by atoms with Gasteiger partial charge in [0, 0.05) is 18.2 Å². The van der Waals surface area contributed by atoms with E-state index in [0.717, 1.165) is 44.0 Å². The molecule has 0 bridgehead atoms. The zero-order valence-corrected chi connectivity index (χ0v) is 15.0. The Kier molecular flexibility index (Phi) is 5.36. The Hall–Kier alpha value is -1.25. The van der Waals surface area contributed by atoms with Crippen LogP contribution in [0.4, 0.5) is 0 Å². The van der Waals surface area contributed by atoms with Gasteiger partial charge in [-0.15, -0.1) is 0 Å². The molecule has 2 aliphatic rings. The molecule has 7 nitrogen and oxygen atoms in total. The Morgan fingerprint density at radius 2 is 2.04 bits per heavy atom. The highest BCUT2D eigenvalue weighted by molar-refractivity contribution is 7.94. The molecule has 0 radical (unpaired) electrons. The molecule has 1 aromatic heterocycles. The molecule has 3 heterocycles. The average molecular weight is 354 g/mol. The molecular formula is C16H26N4O3S. The zero-order valence-electron chi connectivity index (χ0n) is 14.1. The van der Waals surface area contributed by atoms with Gasteiger partial charge in [0.2, 0.25) is 0 Å². The summed E-state index contributed by atoms with van der Waals surface area (Å²) < 4.78 is 24.9. The summed E-state index contributed by atoms with van der Waals surface area (Å²) in [5.74, 6) is 2.29. The number of rotatable bonds is 6. The number of sulfone groups is 1. The molecule has 0 spiro atoms. The van der Waals surface area contributed by atoms with Crippen molar-refractivity contribution in [1.82, 2.24) is 19.7 Å². The summed E-state index contributed by atoms with van der Waals surface area (Å²) in [6, 6.07) is 0. The Bertz CT molecular complexity index is 690. The van der Waals surface area contributed by atoms with Gasteiger partial charge in [-0.3, -0.25) is 0 Å². The average Bonchev–Trinajstić information content (AvgIpc) is 3.05. The maximum atomic E-state index is 11.6. The maximum absolute atomic E-state index is 11.6. The van der Waals surface area contributed by atoms with E-state index in [4.69, 9.17) is 0 Å². The highest BCUT2D eigenvalue weighted by atomic mass is 32.2. The topological polar surface area (TPSA) is 88.3 Å². The lowest BCUT2D eigenvalue weighted by Gasteiger charge is -2.28. The van der Waals surface area contributed by atoms with Gasteiger partial charge in [0.25, 0.3) is 0 Å². The normalized spacial score (nSPS) is 24.7. The van der Waals surface area contributed by atoms with Gasteiger partial charge < -0.3 is 10.0 Å². The number of allylic oxidation sites excluding steroid dienone is 1. The van der Waals surface area contributed by atoms with Crippen molar-refractivity contribution in [2.24, 2.45) is 11.8 Å². The van der Waals surface area contributed by atoms with Crippen LogP contribution in [0.15, 0.2) is 11.5 Å². The lowest BCUT2D eigenvalue weighted by Crippen LogP contribution is -2.31. The molecular weight excluding hydrogens is 328 g/mol. The Labute approximate surface area is 143 Å².